The fourth-order valence-electron chi connectivity index (χ4n) is 3.49. The monoisotopic (exact) mass is 415 g/mol. The number of alkyl halides is 3. The normalized spacial score (nSPS) is 19.0. The van der Waals surface area contributed by atoms with E-state index < -0.39 is 23.4 Å². The van der Waals surface area contributed by atoms with E-state index in [0.717, 1.165) is 12.3 Å². The SMILES string of the molecule is CC(C)(C)OC(=O)N1CC2(CCN(C(=O)Oc3cncc(C(F)(F)F)c3)CC2)C1. The summed E-state index contributed by atoms with van der Waals surface area (Å²) in [6, 6.07) is 0.751. The van der Waals surface area contributed by atoms with Crippen LogP contribution in [0.5, 0.6) is 5.75 Å². The molecule has 160 valence electrons. The van der Waals surface area contributed by atoms with Crippen LogP contribution in [0, 0.1) is 5.41 Å². The molecule has 3 rings (SSSR count). The number of halogens is 3. The average molecular weight is 415 g/mol. The molecular weight excluding hydrogens is 391 g/mol. The quantitative estimate of drug-likeness (QED) is 0.695. The lowest BCUT2D eigenvalue weighted by molar-refractivity contribution is -0.137. The number of carbonyl (C=O) groups excluding carboxylic acids is 2. The van der Waals surface area contributed by atoms with E-state index in [-0.39, 0.29) is 17.3 Å². The van der Waals surface area contributed by atoms with Crippen LogP contribution < -0.4 is 4.74 Å². The van der Waals surface area contributed by atoms with E-state index in [1.807, 2.05) is 20.8 Å². The van der Waals surface area contributed by atoms with Gasteiger partial charge in [0.25, 0.3) is 0 Å². The number of amides is 2. The van der Waals surface area contributed by atoms with Crippen LogP contribution in [-0.2, 0) is 10.9 Å². The molecule has 10 heteroatoms. The molecule has 2 aliphatic heterocycles. The van der Waals surface area contributed by atoms with Crippen molar-refractivity contribution in [2.75, 3.05) is 26.2 Å². The number of nitrogens with zero attached hydrogens (tertiary/aromatic N) is 3. The molecule has 2 aliphatic rings. The van der Waals surface area contributed by atoms with Crippen molar-refractivity contribution < 1.29 is 32.2 Å². The lowest BCUT2D eigenvalue weighted by atomic mass is 9.72. The third-order valence-electron chi connectivity index (χ3n) is 5.03. The molecule has 0 radical (unpaired) electrons. The number of likely N-dealkylation sites (tertiary alicyclic amines) is 2. The van der Waals surface area contributed by atoms with Gasteiger partial charge in [0, 0.05) is 37.8 Å². The van der Waals surface area contributed by atoms with E-state index in [2.05, 4.69) is 4.98 Å². The van der Waals surface area contributed by atoms with Gasteiger partial charge in [-0.15, -0.1) is 0 Å². The van der Waals surface area contributed by atoms with Gasteiger partial charge in [-0.3, -0.25) is 4.98 Å². The molecule has 0 unspecified atom stereocenters. The molecule has 7 nitrogen and oxygen atoms in total. The molecule has 0 bridgehead atoms. The number of piperidine rings is 1. The van der Waals surface area contributed by atoms with Crippen molar-refractivity contribution >= 4 is 12.2 Å². The second-order valence-corrected chi connectivity index (χ2v) is 8.60. The average Bonchev–Trinajstić information content (AvgIpc) is 2.57. The Balaban J connectivity index is 1.49. The first kappa shape index (κ1) is 21.2. The Bertz CT molecular complexity index is 776. The standard InChI is InChI=1S/C19H24F3N3O4/c1-17(2,3)29-16(27)25-11-18(12-25)4-6-24(7-5-18)15(26)28-14-8-13(9-23-10-14)19(20,21)22/h8-10H,4-7,11-12H2,1-3H3. The molecule has 1 aromatic rings. The second kappa shape index (κ2) is 7.38. The largest absolute Gasteiger partial charge is 0.444 e. The van der Waals surface area contributed by atoms with Crippen LogP contribution in [0.25, 0.3) is 0 Å². The summed E-state index contributed by atoms with van der Waals surface area (Å²) in [4.78, 5) is 30.9. The zero-order valence-corrected chi connectivity index (χ0v) is 16.6. The highest BCUT2D eigenvalue weighted by Crippen LogP contribution is 2.41. The summed E-state index contributed by atoms with van der Waals surface area (Å²) in [7, 11) is 0. The van der Waals surface area contributed by atoms with Crippen molar-refractivity contribution in [2.24, 2.45) is 5.41 Å². The molecule has 0 N–H and O–H groups in total. The number of hydrogen-bond donors (Lipinski definition) is 0. The highest BCUT2D eigenvalue weighted by atomic mass is 19.4. The van der Waals surface area contributed by atoms with E-state index in [0.29, 0.717) is 45.2 Å². The Morgan fingerprint density at radius 1 is 1.03 bits per heavy atom. The Morgan fingerprint density at radius 2 is 1.66 bits per heavy atom. The van der Waals surface area contributed by atoms with Crippen molar-refractivity contribution in [3.63, 3.8) is 0 Å². The van der Waals surface area contributed by atoms with Gasteiger partial charge in [0.15, 0.2) is 5.75 Å². The van der Waals surface area contributed by atoms with Crippen molar-refractivity contribution in [1.82, 2.24) is 14.8 Å². The van der Waals surface area contributed by atoms with Crippen LogP contribution in [0.2, 0.25) is 0 Å². The van der Waals surface area contributed by atoms with Gasteiger partial charge in [0.05, 0.1) is 11.8 Å². The zero-order valence-electron chi connectivity index (χ0n) is 16.6. The first-order valence-corrected chi connectivity index (χ1v) is 9.34. The second-order valence-electron chi connectivity index (χ2n) is 8.60. The maximum absolute atomic E-state index is 12.7. The molecule has 0 aliphatic carbocycles. The molecule has 1 aromatic heterocycles. The van der Waals surface area contributed by atoms with E-state index in [1.54, 1.807) is 4.90 Å². The number of pyridine rings is 1. The number of ether oxygens (including phenoxy) is 2. The van der Waals surface area contributed by atoms with Gasteiger partial charge < -0.3 is 19.3 Å². The van der Waals surface area contributed by atoms with Crippen LogP contribution in [0.3, 0.4) is 0 Å². The summed E-state index contributed by atoms with van der Waals surface area (Å²) in [5, 5.41) is 0. The first-order valence-electron chi connectivity index (χ1n) is 9.34. The maximum Gasteiger partial charge on any atom is 0.418 e. The molecule has 1 spiro atoms. The van der Waals surface area contributed by atoms with Crippen LogP contribution in [0.15, 0.2) is 18.5 Å². The van der Waals surface area contributed by atoms with Crippen LogP contribution in [-0.4, -0.2) is 58.8 Å². The predicted octanol–water partition coefficient (Wildman–Crippen LogP) is 3.93. The molecule has 29 heavy (non-hydrogen) atoms. The topological polar surface area (TPSA) is 72.0 Å². The van der Waals surface area contributed by atoms with Crippen LogP contribution >= 0.6 is 0 Å². The molecule has 0 saturated carbocycles. The van der Waals surface area contributed by atoms with E-state index in [9.17, 15) is 22.8 Å². The Labute approximate surface area is 166 Å². The van der Waals surface area contributed by atoms with Crippen LogP contribution in [0.4, 0.5) is 22.8 Å². The minimum atomic E-state index is -4.56. The highest BCUT2D eigenvalue weighted by Gasteiger charge is 2.48. The van der Waals surface area contributed by atoms with Gasteiger partial charge >= 0.3 is 18.4 Å². The minimum Gasteiger partial charge on any atom is -0.444 e. The molecule has 3 heterocycles. The molecular formula is C19H24F3N3O4. The lowest BCUT2D eigenvalue weighted by Crippen LogP contribution is -2.62. The van der Waals surface area contributed by atoms with Crippen molar-refractivity contribution in [1.29, 1.82) is 0 Å². The number of carbonyl (C=O) groups is 2. The van der Waals surface area contributed by atoms with Gasteiger partial charge in [0.2, 0.25) is 0 Å². The summed E-state index contributed by atoms with van der Waals surface area (Å²) in [6.45, 7) is 7.39. The number of aromatic nitrogens is 1. The fraction of sp³-hybridized carbons (Fsp3) is 0.632. The number of hydrogen-bond acceptors (Lipinski definition) is 5. The van der Waals surface area contributed by atoms with E-state index in [4.69, 9.17) is 9.47 Å². The third kappa shape index (κ3) is 5.10. The third-order valence-corrected chi connectivity index (χ3v) is 5.03. The minimum absolute atomic E-state index is 0.0502. The summed E-state index contributed by atoms with van der Waals surface area (Å²) in [5.41, 5.74) is -1.58. The molecule has 2 amide bonds. The highest BCUT2D eigenvalue weighted by molar-refractivity contribution is 5.71. The Kier molecular flexibility index (Phi) is 5.40. The van der Waals surface area contributed by atoms with E-state index >= 15 is 0 Å². The summed E-state index contributed by atoms with van der Waals surface area (Å²) in [6.07, 6.45) is -2.49. The fourth-order valence-corrected chi connectivity index (χ4v) is 3.49. The first-order chi connectivity index (χ1) is 13.4. The van der Waals surface area contributed by atoms with Gasteiger partial charge in [-0.25, -0.2) is 9.59 Å². The van der Waals surface area contributed by atoms with E-state index in [1.165, 1.54) is 4.90 Å². The Morgan fingerprint density at radius 3 is 2.21 bits per heavy atom. The predicted molar refractivity (Wildman–Crippen MR) is 96.3 cm³/mol. The van der Waals surface area contributed by atoms with Crippen LogP contribution in [0.1, 0.15) is 39.2 Å². The van der Waals surface area contributed by atoms with Gasteiger partial charge in [-0.1, -0.05) is 0 Å². The van der Waals surface area contributed by atoms with Crippen molar-refractivity contribution in [3.8, 4) is 5.75 Å². The smallest absolute Gasteiger partial charge is 0.418 e. The summed E-state index contributed by atoms with van der Waals surface area (Å²) in [5.74, 6) is -0.246. The zero-order chi connectivity index (χ0) is 21.4. The molecule has 0 aromatic carbocycles. The Hall–Kier alpha value is -2.52. The van der Waals surface area contributed by atoms with Gasteiger partial charge in [0.1, 0.15) is 5.60 Å². The maximum atomic E-state index is 12.7. The summed E-state index contributed by atoms with van der Waals surface area (Å²) < 4.78 is 48.6. The molecule has 0 atom stereocenters. The van der Waals surface area contributed by atoms with Gasteiger partial charge in [-0.05, 0) is 39.7 Å². The number of rotatable bonds is 1. The van der Waals surface area contributed by atoms with Gasteiger partial charge in [-0.2, -0.15) is 13.2 Å². The molecule has 2 fully saturated rings. The lowest BCUT2D eigenvalue weighted by Gasteiger charge is -2.53. The van der Waals surface area contributed by atoms with Crippen molar-refractivity contribution in [2.45, 2.75) is 45.4 Å². The molecule has 2 saturated heterocycles. The summed E-state index contributed by atoms with van der Waals surface area (Å²) >= 11 is 0. The van der Waals surface area contributed by atoms with Crippen molar-refractivity contribution in [3.05, 3.63) is 24.0 Å².